The molecule has 7 nitrogen and oxygen atoms in total. The molecule has 0 saturated carbocycles. The van der Waals surface area contributed by atoms with E-state index in [1.54, 1.807) is 55.6 Å². The van der Waals surface area contributed by atoms with Crippen LogP contribution in [-0.4, -0.2) is 56.7 Å². The maximum Gasteiger partial charge on any atom is 0.255 e. The van der Waals surface area contributed by atoms with Crippen molar-refractivity contribution in [3.63, 3.8) is 0 Å². The highest BCUT2D eigenvalue weighted by atomic mass is 16.5. The Balaban J connectivity index is 1.51. The standard InChI is InChI=1S/C20H23N3O4/c1-26-18-8-2-15(3-9-18)20(25)22-17-6-4-16(5-7-17)21-19(24)14-23-10-12-27-13-11-23/h2-9H,10-14H2,1H3,(H,21,24)(H,22,25). The summed E-state index contributed by atoms with van der Waals surface area (Å²) in [4.78, 5) is 26.4. The monoisotopic (exact) mass is 369 g/mol. The van der Waals surface area contributed by atoms with Gasteiger partial charge in [-0.25, -0.2) is 0 Å². The Morgan fingerprint density at radius 1 is 0.963 bits per heavy atom. The lowest BCUT2D eigenvalue weighted by Gasteiger charge is -2.25. The van der Waals surface area contributed by atoms with Crippen molar-refractivity contribution in [2.75, 3.05) is 50.6 Å². The van der Waals surface area contributed by atoms with Crippen LogP contribution in [0.25, 0.3) is 0 Å². The number of carbonyl (C=O) groups is 2. The van der Waals surface area contributed by atoms with Gasteiger partial charge in [-0.15, -0.1) is 0 Å². The van der Waals surface area contributed by atoms with E-state index in [2.05, 4.69) is 15.5 Å². The molecule has 142 valence electrons. The van der Waals surface area contributed by atoms with Gasteiger partial charge < -0.3 is 20.1 Å². The minimum absolute atomic E-state index is 0.0630. The summed E-state index contributed by atoms with van der Waals surface area (Å²) < 4.78 is 10.4. The second-order valence-electron chi connectivity index (χ2n) is 6.20. The SMILES string of the molecule is COc1ccc(C(=O)Nc2ccc(NC(=O)CN3CCOCC3)cc2)cc1. The first-order valence-corrected chi connectivity index (χ1v) is 8.79. The fourth-order valence-corrected chi connectivity index (χ4v) is 2.75. The number of anilines is 2. The Morgan fingerprint density at radius 3 is 2.15 bits per heavy atom. The third-order valence-corrected chi connectivity index (χ3v) is 4.25. The minimum Gasteiger partial charge on any atom is -0.497 e. The van der Waals surface area contributed by atoms with Gasteiger partial charge in [0.2, 0.25) is 5.91 Å². The zero-order chi connectivity index (χ0) is 19.1. The van der Waals surface area contributed by atoms with E-state index < -0.39 is 0 Å². The maximum absolute atomic E-state index is 12.3. The van der Waals surface area contributed by atoms with Gasteiger partial charge in [-0.05, 0) is 48.5 Å². The fourth-order valence-electron chi connectivity index (χ4n) is 2.75. The number of carbonyl (C=O) groups excluding carboxylic acids is 2. The highest BCUT2D eigenvalue weighted by Gasteiger charge is 2.14. The first-order valence-electron chi connectivity index (χ1n) is 8.79. The second kappa shape index (κ2) is 9.16. The van der Waals surface area contributed by atoms with E-state index in [0.717, 1.165) is 13.1 Å². The van der Waals surface area contributed by atoms with Crippen LogP contribution in [0.3, 0.4) is 0 Å². The molecule has 0 atom stereocenters. The number of rotatable bonds is 6. The summed E-state index contributed by atoms with van der Waals surface area (Å²) in [5.74, 6) is 0.428. The van der Waals surface area contributed by atoms with Crippen molar-refractivity contribution in [1.82, 2.24) is 4.90 Å². The molecule has 0 bridgehead atoms. The molecule has 1 fully saturated rings. The summed E-state index contributed by atoms with van der Waals surface area (Å²) in [7, 11) is 1.58. The predicted octanol–water partition coefficient (Wildman–Crippen LogP) is 2.22. The molecule has 2 aromatic carbocycles. The van der Waals surface area contributed by atoms with Crippen molar-refractivity contribution in [3.05, 3.63) is 54.1 Å². The van der Waals surface area contributed by atoms with Gasteiger partial charge in [-0.3, -0.25) is 14.5 Å². The number of amides is 2. The Labute approximate surface area is 158 Å². The average molecular weight is 369 g/mol. The molecule has 0 unspecified atom stereocenters. The summed E-state index contributed by atoms with van der Waals surface area (Å²) in [5, 5.41) is 5.69. The van der Waals surface area contributed by atoms with Gasteiger partial charge in [0.05, 0.1) is 26.9 Å². The smallest absolute Gasteiger partial charge is 0.255 e. The van der Waals surface area contributed by atoms with Crippen LogP contribution >= 0.6 is 0 Å². The largest absolute Gasteiger partial charge is 0.497 e. The van der Waals surface area contributed by atoms with E-state index in [-0.39, 0.29) is 11.8 Å². The predicted molar refractivity (Wildman–Crippen MR) is 103 cm³/mol. The minimum atomic E-state index is -0.207. The molecule has 2 N–H and O–H groups in total. The molecule has 0 aliphatic carbocycles. The third kappa shape index (κ3) is 5.54. The molecular formula is C20H23N3O4. The first-order chi connectivity index (χ1) is 13.1. The quantitative estimate of drug-likeness (QED) is 0.816. The summed E-state index contributed by atoms with van der Waals surface area (Å²) in [5.41, 5.74) is 1.89. The molecule has 2 aromatic rings. The van der Waals surface area contributed by atoms with Crippen molar-refractivity contribution in [1.29, 1.82) is 0 Å². The van der Waals surface area contributed by atoms with Crippen LogP contribution in [0, 0.1) is 0 Å². The molecule has 7 heteroatoms. The summed E-state index contributed by atoms with van der Waals surface area (Å²) in [6.45, 7) is 3.21. The zero-order valence-electron chi connectivity index (χ0n) is 15.2. The molecule has 3 rings (SSSR count). The number of nitrogens with zero attached hydrogens (tertiary/aromatic N) is 1. The van der Waals surface area contributed by atoms with Gasteiger partial charge in [0.25, 0.3) is 5.91 Å². The number of ether oxygens (including phenoxy) is 2. The van der Waals surface area contributed by atoms with Gasteiger partial charge in [-0.1, -0.05) is 0 Å². The number of morpholine rings is 1. The molecule has 1 saturated heterocycles. The fraction of sp³-hybridized carbons (Fsp3) is 0.300. The molecule has 2 amide bonds. The second-order valence-corrected chi connectivity index (χ2v) is 6.20. The summed E-state index contributed by atoms with van der Waals surface area (Å²) in [6.07, 6.45) is 0. The molecule has 0 spiro atoms. The van der Waals surface area contributed by atoms with E-state index in [9.17, 15) is 9.59 Å². The first kappa shape index (κ1) is 18.9. The Kier molecular flexibility index (Phi) is 6.40. The molecule has 1 heterocycles. The van der Waals surface area contributed by atoms with Gasteiger partial charge in [0, 0.05) is 30.0 Å². The summed E-state index contributed by atoms with van der Waals surface area (Å²) in [6, 6.07) is 13.9. The van der Waals surface area contributed by atoms with Crippen LogP contribution in [0.15, 0.2) is 48.5 Å². The van der Waals surface area contributed by atoms with Gasteiger partial charge in [-0.2, -0.15) is 0 Å². The van der Waals surface area contributed by atoms with Gasteiger partial charge in [0.1, 0.15) is 5.75 Å². The molecule has 1 aliphatic heterocycles. The number of nitrogens with one attached hydrogen (secondary N) is 2. The van der Waals surface area contributed by atoms with Crippen LogP contribution in [-0.2, 0) is 9.53 Å². The Hall–Kier alpha value is -2.90. The van der Waals surface area contributed by atoms with Crippen LogP contribution < -0.4 is 15.4 Å². The molecule has 27 heavy (non-hydrogen) atoms. The highest BCUT2D eigenvalue weighted by molar-refractivity contribution is 6.04. The normalized spacial score (nSPS) is 14.4. The van der Waals surface area contributed by atoms with E-state index in [1.807, 2.05) is 0 Å². The maximum atomic E-state index is 12.3. The third-order valence-electron chi connectivity index (χ3n) is 4.25. The molecular weight excluding hydrogens is 346 g/mol. The van der Waals surface area contributed by atoms with Crippen LogP contribution in [0.1, 0.15) is 10.4 Å². The van der Waals surface area contributed by atoms with E-state index in [0.29, 0.717) is 42.4 Å². The van der Waals surface area contributed by atoms with E-state index in [4.69, 9.17) is 9.47 Å². The van der Waals surface area contributed by atoms with Crippen molar-refractivity contribution in [3.8, 4) is 5.75 Å². The van der Waals surface area contributed by atoms with Gasteiger partial charge >= 0.3 is 0 Å². The lowest BCUT2D eigenvalue weighted by atomic mass is 10.2. The van der Waals surface area contributed by atoms with Gasteiger partial charge in [0.15, 0.2) is 0 Å². The average Bonchev–Trinajstić information content (AvgIpc) is 2.70. The van der Waals surface area contributed by atoms with Crippen molar-refractivity contribution >= 4 is 23.2 Å². The van der Waals surface area contributed by atoms with Crippen LogP contribution in [0.5, 0.6) is 5.75 Å². The molecule has 0 aromatic heterocycles. The van der Waals surface area contributed by atoms with Crippen molar-refractivity contribution in [2.45, 2.75) is 0 Å². The van der Waals surface area contributed by atoms with E-state index in [1.165, 1.54) is 0 Å². The zero-order valence-corrected chi connectivity index (χ0v) is 15.2. The number of hydrogen-bond donors (Lipinski definition) is 2. The molecule has 0 radical (unpaired) electrons. The van der Waals surface area contributed by atoms with E-state index >= 15 is 0 Å². The Morgan fingerprint density at radius 2 is 1.56 bits per heavy atom. The summed E-state index contributed by atoms with van der Waals surface area (Å²) >= 11 is 0. The lowest BCUT2D eigenvalue weighted by molar-refractivity contribution is -0.118. The Bertz CT molecular complexity index is 769. The highest BCUT2D eigenvalue weighted by Crippen LogP contribution is 2.16. The van der Waals surface area contributed by atoms with Crippen LogP contribution in [0.4, 0.5) is 11.4 Å². The lowest BCUT2D eigenvalue weighted by Crippen LogP contribution is -2.41. The van der Waals surface area contributed by atoms with Crippen molar-refractivity contribution < 1.29 is 19.1 Å². The number of benzene rings is 2. The van der Waals surface area contributed by atoms with Crippen LogP contribution in [0.2, 0.25) is 0 Å². The number of hydrogen-bond acceptors (Lipinski definition) is 5. The topological polar surface area (TPSA) is 79.9 Å². The number of methoxy groups -OCH3 is 1. The molecule has 1 aliphatic rings. The van der Waals surface area contributed by atoms with Crippen molar-refractivity contribution in [2.24, 2.45) is 0 Å².